The highest BCUT2D eigenvalue weighted by Gasteiger charge is 2.40. The molecule has 10 heteroatoms. The van der Waals surface area contributed by atoms with Crippen LogP contribution in [0.1, 0.15) is 47.4 Å². The van der Waals surface area contributed by atoms with Crippen molar-refractivity contribution in [1.82, 2.24) is 24.6 Å². The van der Waals surface area contributed by atoms with Gasteiger partial charge in [0.1, 0.15) is 0 Å². The Morgan fingerprint density at radius 3 is 2.56 bits per heavy atom. The predicted molar refractivity (Wildman–Crippen MR) is 135 cm³/mol. The molecule has 186 valence electrons. The molecule has 1 saturated carbocycles. The van der Waals surface area contributed by atoms with E-state index in [1.54, 1.807) is 23.0 Å². The number of anilines is 1. The lowest BCUT2D eigenvalue weighted by Gasteiger charge is -2.41. The third-order valence-corrected chi connectivity index (χ3v) is 7.50. The molecule has 0 aromatic carbocycles. The lowest BCUT2D eigenvalue weighted by molar-refractivity contribution is 0.00493. The minimum absolute atomic E-state index is 0.289. The van der Waals surface area contributed by atoms with Crippen LogP contribution >= 0.6 is 11.6 Å². The fourth-order valence-corrected chi connectivity index (χ4v) is 5.25. The molecular weight excluding hydrogens is 478 g/mol. The van der Waals surface area contributed by atoms with Gasteiger partial charge < -0.3 is 10.1 Å². The Hall–Kier alpha value is -3.32. The highest BCUT2D eigenvalue weighted by molar-refractivity contribution is 6.30. The minimum atomic E-state index is -0.589. The summed E-state index contributed by atoms with van der Waals surface area (Å²) in [6, 6.07) is 10.2. The van der Waals surface area contributed by atoms with Gasteiger partial charge in [-0.15, -0.1) is 0 Å². The molecule has 3 aromatic heterocycles. The van der Waals surface area contributed by atoms with E-state index in [0.717, 1.165) is 57.7 Å². The first kappa shape index (κ1) is 24.4. The molecule has 0 radical (unpaired) electrons. The Labute approximate surface area is 215 Å². The second-order valence-corrected chi connectivity index (χ2v) is 9.79. The summed E-state index contributed by atoms with van der Waals surface area (Å²) in [5.74, 6) is 0.287. The summed E-state index contributed by atoms with van der Waals surface area (Å²) < 4.78 is 7.07. The second-order valence-electron chi connectivity index (χ2n) is 9.35. The highest BCUT2D eigenvalue weighted by atomic mass is 35.5. The summed E-state index contributed by atoms with van der Waals surface area (Å²) in [7, 11) is 0. The van der Waals surface area contributed by atoms with Gasteiger partial charge >= 0.3 is 0 Å². The molecule has 1 aliphatic carbocycles. The Kier molecular flexibility index (Phi) is 7.01. The molecule has 1 amide bonds. The number of amides is 1. The number of halogens is 1. The number of hydrogen-bond donors (Lipinski definition) is 1. The fourth-order valence-electron chi connectivity index (χ4n) is 5.13. The molecule has 36 heavy (non-hydrogen) atoms. The van der Waals surface area contributed by atoms with Gasteiger partial charge in [-0.2, -0.15) is 10.4 Å². The molecular formula is C26H28ClN7O2. The number of hydrogen-bond acceptors (Lipinski definition) is 7. The maximum absolute atomic E-state index is 12.9. The lowest BCUT2D eigenvalue weighted by atomic mass is 9.71. The van der Waals surface area contributed by atoms with Gasteiger partial charge in [0, 0.05) is 25.3 Å². The normalized spacial score (nSPS) is 22.6. The number of ether oxygens (including phenoxy) is 1. The minimum Gasteiger partial charge on any atom is -0.379 e. The zero-order valence-electron chi connectivity index (χ0n) is 20.2. The van der Waals surface area contributed by atoms with Crippen molar-refractivity contribution < 1.29 is 9.53 Å². The SMILES string of the molecule is Cc1c(C(=O)Nc2ccc([C@]3(C#N)CC[C@@H](N4CCOCC4)CC3)nc2)cnn1-c1ccc(Cl)cn1. The van der Waals surface area contributed by atoms with Gasteiger partial charge in [-0.05, 0) is 56.9 Å². The monoisotopic (exact) mass is 505 g/mol. The molecule has 1 aliphatic heterocycles. The van der Waals surface area contributed by atoms with Crippen LogP contribution in [0.2, 0.25) is 5.02 Å². The molecule has 2 fully saturated rings. The number of rotatable bonds is 5. The number of aromatic nitrogens is 4. The molecule has 5 rings (SSSR count). The second kappa shape index (κ2) is 10.3. The molecule has 2 aliphatic rings. The first-order valence-electron chi connectivity index (χ1n) is 12.2. The molecule has 1 N–H and O–H groups in total. The molecule has 0 unspecified atom stereocenters. The van der Waals surface area contributed by atoms with E-state index >= 15 is 0 Å². The Bertz CT molecular complexity index is 1250. The first-order valence-corrected chi connectivity index (χ1v) is 12.5. The number of morpholine rings is 1. The number of nitrogens with one attached hydrogen (secondary N) is 1. The van der Waals surface area contributed by atoms with E-state index in [-0.39, 0.29) is 5.91 Å². The van der Waals surface area contributed by atoms with E-state index in [0.29, 0.717) is 33.8 Å². The van der Waals surface area contributed by atoms with Gasteiger partial charge in [-0.1, -0.05) is 11.6 Å². The Morgan fingerprint density at radius 1 is 1.14 bits per heavy atom. The molecule has 9 nitrogen and oxygen atoms in total. The van der Waals surface area contributed by atoms with Crippen LogP contribution < -0.4 is 5.32 Å². The average Bonchev–Trinajstić information content (AvgIpc) is 3.31. The van der Waals surface area contributed by atoms with Gasteiger partial charge in [0.2, 0.25) is 0 Å². The topological polar surface area (TPSA) is 109 Å². The number of carbonyl (C=O) groups is 1. The van der Waals surface area contributed by atoms with Crippen LogP contribution in [0, 0.1) is 18.3 Å². The standard InChI is InChI=1S/C26H28ClN7O2/c1-18-22(16-31-34(18)24-5-2-19(27)14-30-24)25(35)32-20-3-4-23(29-15-20)26(17-28)8-6-21(7-9-26)33-10-12-36-13-11-33/h2-5,14-16,21H,6-13H2,1H3,(H,32,35)/t21-,26-. The van der Waals surface area contributed by atoms with Crippen molar-refractivity contribution in [3.63, 3.8) is 0 Å². The molecule has 0 bridgehead atoms. The Morgan fingerprint density at radius 2 is 1.92 bits per heavy atom. The third-order valence-electron chi connectivity index (χ3n) is 7.28. The number of pyridine rings is 2. The number of nitriles is 1. The summed E-state index contributed by atoms with van der Waals surface area (Å²) >= 11 is 5.92. The van der Waals surface area contributed by atoms with Gasteiger partial charge in [0.25, 0.3) is 5.91 Å². The van der Waals surface area contributed by atoms with Crippen LogP contribution in [0.15, 0.2) is 42.9 Å². The van der Waals surface area contributed by atoms with E-state index in [1.807, 2.05) is 19.1 Å². The largest absolute Gasteiger partial charge is 0.379 e. The quantitative estimate of drug-likeness (QED) is 0.559. The van der Waals surface area contributed by atoms with Gasteiger partial charge in [0.05, 0.1) is 64.8 Å². The summed E-state index contributed by atoms with van der Waals surface area (Å²) in [6.07, 6.45) is 8.18. The maximum atomic E-state index is 12.9. The van der Waals surface area contributed by atoms with E-state index < -0.39 is 5.41 Å². The van der Waals surface area contributed by atoms with Gasteiger partial charge in [-0.25, -0.2) is 9.67 Å². The van der Waals surface area contributed by atoms with Gasteiger partial charge in [0.15, 0.2) is 5.82 Å². The molecule has 0 atom stereocenters. The van der Waals surface area contributed by atoms with Crippen LogP contribution in [0.3, 0.4) is 0 Å². The highest BCUT2D eigenvalue weighted by Crippen LogP contribution is 2.40. The number of nitrogens with zero attached hydrogens (tertiary/aromatic N) is 6. The van der Waals surface area contributed by atoms with Crippen LogP contribution in [0.5, 0.6) is 0 Å². The van der Waals surface area contributed by atoms with Crippen LogP contribution in [0.4, 0.5) is 5.69 Å². The van der Waals surface area contributed by atoms with Crippen molar-refractivity contribution in [3.8, 4) is 11.9 Å². The Balaban J connectivity index is 1.25. The van der Waals surface area contributed by atoms with Crippen LogP contribution in [0.25, 0.3) is 5.82 Å². The molecule has 0 spiro atoms. The van der Waals surface area contributed by atoms with Crippen molar-refractivity contribution in [2.45, 2.75) is 44.1 Å². The van der Waals surface area contributed by atoms with E-state index in [2.05, 4.69) is 31.4 Å². The summed E-state index contributed by atoms with van der Waals surface area (Å²) in [5, 5.41) is 17.8. The number of carbonyl (C=O) groups excluding carboxylic acids is 1. The predicted octanol–water partition coefficient (Wildman–Crippen LogP) is 3.91. The van der Waals surface area contributed by atoms with Gasteiger partial charge in [-0.3, -0.25) is 14.7 Å². The van der Waals surface area contributed by atoms with Crippen LogP contribution in [-0.4, -0.2) is 62.9 Å². The lowest BCUT2D eigenvalue weighted by Crippen LogP contribution is -2.47. The zero-order valence-corrected chi connectivity index (χ0v) is 20.9. The maximum Gasteiger partial charge on any atom is 0.259 e. The molecule has 4 heterocycles. The van der Waals surface area contributed by atoms with Crippen LogP contribution in [-0.2, 0) is 10.2 Å². The first-order chi connectivity index (χ1) is 17.5. The fraction of sp³-hybridized carbons (Fsp3) is 0.423. The summed E-state index contributed by atoms with van der Waals surface area (Å²) in [6.45, 7) is 5.31. The zero-order chi connectivity index (χ0) is 25.1. The third kappa shape index (κ3) is 4.85. The summed E-state index contributed by atoms with van der Waals surface area (Å²) in [5.41, 5.74) is 1.84. The van der Waals surface area contributed by atoms with Crippen molar-refractivity contribution in [3.05, 3.63) is 64.8 Å². The summed E-state index contributed by atoms with van der Waals surface area (Å²) in [4.78, 5) is 24.3. The van der Waals surface area contributed by atoms with Crippen molar-refractivity contribution in [2.24, 2.45) is 0 Å². The van der Waals surface area contributed by atoms with Crippen molar-refractivity contribution in [2.75, 3.05) is 31.6 Å². The van der Waals surface area contributed by atoms with Crippen molar-refractivity contribution in [1.29, 1.82) is 5.26 Å². The molecule has 1 saturated heterocycles. The molecule has 3 aromatic rings. The van der Waals surface area contributed by atoms with E-state index in [9.17, 15) is 10.1 Å². The average molecular weight is 506 g/mol. The van der Waals surface area contributed by atoms with E-state index in [4.69, 9.17) is 16.3 Å². The van der Waals surface area contributed by atoms with Crippen molar-refractivity contribution >= 4 is 23.2 Å². The van der Waals surface area contributed by atoms with E-state index in [1.165, 1.54) is 12.4 Å². The smallest absolute Gasteiger partial charge is 0.259 e.